The van der Waals surface area contributed by atoms with Crippen LogP contribution in [0.2, 0.25) is 10.0 Å². The SMILES string of the molecule is C[C@@H](NS(=O)(=O)c1ccc(Cl)c(Cl)c1)C(=O)OCC(=O)c1ccc2c(c1)-c1ccccc1C2. The molecule has 0 unspecified atom stereocenters. The first-order chi connectivity index (χ1) is 15.7. The van der Waals surface area contributed by atoms with Crippen molar-refractivity contribution in [3.63, 3.8) is 0 Å². The lowest BCUT2D eigenvalue weighted by Gasteiger charge is -2.14. The standard InChI is InChI=1S/C24H19Cl2NO5S/c1-14(27-33(30,31)18-8-9-21(25)22(26)12-18)24(29)32-13-23(28)17-7-6-16-10-15-4-2-3-5-19(15)20(16)11-17/h2-9,11-12,14,27H,10,13H2,1H3/t14-/m1/s1. The van der Waals surface area contributed by atoms with Gasteiger partial charge in [0.2, 0.25) is 10.0 Å². The molecule has 0 radical (unpaired) electrons. The van der Waals surface area contributed by atoms with Gasteiger partial charge in [0.1, 0.15) is 6.04 Å². The summed E-state index contributed by atoms with van der Waals surface area (Å²) in [5.41, 5.74) is 4.83. The quantitative estimate of drug-likeness (QED) is 0.292. The summed E-state index contributed by atoms with van der Waals surface area (Å²) in [6.07, 6.45) is 0.811. The zero-order valence-corrected chi connectivity index (χ0v) is 19.8. The Bertz CT molecular complexity index is 1370. The summed E-state index contributed by atoms with van der Waals surface area (Å²) in [6.45, 7) is 0.826. The molecule has 1 atom stereocenters. The van der Waals surface area contributed by atoms with E-state index in [1.165, 1.54) is 30.7 Å². The fourth-order valence-electron chi connectivity index (χ4n) is 3.64. The zero-order valence-electron chi connectivity index (χ0n) is 17.5. The van der Waals surface area contributed by atoms with E-state index in [0.29, 0.717) is 5.56 Å². The molecule has 170 valence electrons. The number of carbonyl (C=O) groups excluding carboxylic acids is 2. The fraction of sp³-hybridized carbons (Fsp3) is 0.167. The molecule has 1 aliphatic carbocycles. The molecule has 1 N–H and O–H groups in total. The van der Waals surface area contributed by atoms with Gasteiger partial charge in [-0.25, -0.2) is 8.42 Å². The zero-order chi connectivity index (χ0) is 23.8. The highest BCUT2D eigenvalue weighted by atomic mass is 35.5. The molecule has 0 saturated carbocycles. The van der Waals surface area contributed by atoms with Crippen LogP contribution in [0.4, 0.5) is 0 Å². The Kier molecular flexibility index (Phi) is 6.59. The van der Waals surface area contributed by atoms with Crippen molar-refractivity contribution in [1.29, 1.82) is 0 Å². The van der Waals surface area contributed by atoms with Crippen molar-refractivity contribution in [2.24, 2.45) is 0 Å². The molecule has 3 aromatic carbocycles. The number of fused-ring (bicyclic) bond motifs is 3. The largest absolute Gasteiger partial charge is 0.456 e. The monoisotopic (exact) mass is 503 g/mol. The second-order valence-corrected chi connectivity index (χ2v) is 10.2. The van der Waals surface area contributed by atoms with E-state index >= 15 is 0 Å². The lowest BCUT2D eigenvalue weighted by molar-refractivity contribution is -0.144. The third-order valence-corrected chi connectivity index (χ3v) is 7.63. The molecule has 0 heterocycles. The van der Waals surface area contributed by atoms with Crippen LogP contribution in [-0.2, 0) is 26.0 Å². The van der Waals surface area contributed by atoms with E-state index in [-0.39, 0.29) is 20.7 Å². The van der Waals surface area contributed by atoms with Crippen molar-refractivity contribution in [2.75, 3.05) is 6.61 Å². The van der Waals surface area contributed by atoms with E-state index in [0.717, 1.165) is 23.1 Å². The molecule has 3 aromatic rings. The summed E-state index contributed by atoms with van der Waals surface area (Å²) in [5.74, 6) is -1.26. The van der Waals surface area contributed by atoms with Crippen LogP contribution in [0, 0.1) is 0 Å². The van der Waals surface area contributed by atoms with Gasteiger partial charge >= 0.3 is 5.97 Å². The fourth-order valence-corrected chi connectivity index (χ4v) is 5.22. The number of sulfonamides is 1. The predicted molar refractivity (Wildman–Crippen MR) is 126 cm³/mol. The number of carbonyl (C=O) groups is 2. The van der Waals surface area contributed by atoms with Gasteiger partial charge in [-0.2, -0.15) is 4.72 Å². The van der Waals surface area contributed by atoms with E-state index in [4.69, 9.17) is 27.9 Å². The van der Waals surface area contributed by atoms with Gasteiger partial charge in [0.15, 0.2) is 12.4 Å². The molecule has 0 saturated heterocycles. The van der Waals surface area contributed by atoms with Gasteiger partial charge in [-0.3, -0.25) is 9.59 Å². The first-order valence-electron chi connectivity index (χ1n) is 10.0. The number of halogens is 2. The van der Waals surface area contributed by atoms with Crippen molar-refractivity contribution >= 4 is 45.0 Å². The Morgan fingerprint density at radius 2 is 1.70 bits per heavy atom. The molecule has 0 bridgehead atoms. The minimum atomic E-state index is -4.05. The molecule has 4 rings (SSSR count). The highest BCUT2D eigenvalue weighted by Crippen LogP contribution is 2.36. The first kappa shape index (κ1) is 23.4. The summed E-state index contributed by atoms with van der Waals surface area (Å²) in [7, 11) is -4.05. The summed E-state index contributed by atoms with van der Waals surface area (Å²) in [4.78, 5) is 24.8. The number of hydrogen-bond donors (Lipinski definition) is 1. The highest BCUT2D eigenvalue weighted by molar-refractivity contribution is 7.89. The lowest BCUT2D eigenvalue weighted by Crippen LogP contribution is -2.40. The molecule has 9 heteroatoms. The summed E-state index contributed by atoms with van der Waals surface area (Å²) in [6, 6.07) is 16.0. The molecule has 1 aliphatic rings. The van der Waals surface area contributed by atoms with Crippen molar-refractivity contribution in [3.8, 4) is 11.1 Å². The second-order valence-electron chi connectivity index (χ2n) is 7.66. The number of nitrogens with one attached hydrogen (secondary N) is 1. The van der Waals surface area contributed by atoms with Gasteiger partial charge in [-0.15, -0.1) is 0 Å². The molecule has 0 fully saturated rings. The van der Waals surface area contributed by atoms with Crippen LogP contribution in [-0.4, -0.2) is 32.8 Å². The van der Waals surface area contributed by atoms with E-state index < -0.39 is 28.6 Å². The van der Waals surface area contributed by atoms with Crippen LogP contribution in [0.3, 0.4) is 0 Å². The van der Waals surface area contributed by atoms with Gasteiger partial charge in [-0.1, -0.05) is 59.6 Å². The van der Waals surface area contributed by atoms with Crippen LogP contribution in [0.1, 0.15) is 28.4 Å². The van der Waals surface area contributed by atoms with Crippen LogP contribution < -0.4 is 4.72 Å². The number of esters is 1. The summed E-state index contributed by atoms with van der Waals surface area (Å²) < 4.78 is 32.3. The molecule has 6 nitrogen and oxygen atoms in total. The molecule has 0 aliphatic heterocycles. The van der Waals surface area contributed by atoms with Gasteiger partial charge in [0.05, 0.1) is 14.9 Å². The number of rotatable bonds is 7. The van der Waals surface area contributed by atoms with E-state index in [1.807, 2.05) is 24.3 Å². The van der Waals surface area contributed by atoms with Crippen LogP contribution in [0.25, 0.3) is 11.1 Å². The third-order valence-electron chi connectivity index (χ3n) is 5.35. The third kappa shape index (κ3) is 4.96. The Labute approximate surface area is 201 Å². The van der Waals surface area contributed by atoms with E-state index in [9.17, 15) is 18.0 Å². The molecule has 0 amide bonds. The highest BCUT2D eigenvalue weighted by Gasteiger charge is 2.25. The van der Waals surface area contributed by atoms with Crippen molar-refractivity contribution < 1.29 is 22.7 Å². The van der Waals surface area contributed by atoms with Gasteiger partial charge < -0.3 is 4.74 Å². The Hall–Kier alpha value is -2.71. The topological polar surface area (TPSA) is 89.5 Å². The Morgan fingerprint density at radius 3 is 2.45 bits per heavy atom. The number of Topliss-reactive ketones (excluding diaryl/α,β-unsaturated/α-hetero) is 1. The minimum absolute atomic E-state index is 0.0670. The van der Waals surface area contributed by atoms with Crippen molar-refractivity contribution in [3.05, 3.63) is 87.4 Å². The van der Waals surface area contributed by atoms with E-state index in [2.05, 4.69) is 10.8 Å². The molecule has 33 heavy (non-hydrogen) atoms. The summed E-state index contributed by atoms with van der Waals surface area (Å²) in [5, 5.41) is 0.272. The summed E-state index contributed by atoms with van der Waals surface area (Å²) >= 11 is 11.7. The number of ketones is 1. The van der Waals surface area contributed by atoms with Gasteiger partial charge in [-0.05, 0) is 59.9 Å². The number of hydrogen-bond acceptors (Lipinski definition) is 5. The van der Waals surface area contributed by atoms with Gasteiger partial charge in [0.25, 0.3) is 0 Å². The minimum Gasteiger partial charge on any atom is -0.456 e. The Morgan fingerprint density at radius 1 is 0.970 bits per heavy atom. The first-order valence-corrected chi connectivity index (χ1v) is 12.3. The van der Waals surface area contributed by atoms with Crippen LogP contribution in [0.15, 0.2) is 65.6 Å². The molecule has 0 aromatic heterocycles. The smallest absolute Gasteiger partial charge is 0.324 e. The second kappa shape index (κ2) is 9.27. The van der Waals surface area contributed by atoms with Crippen LogP contribution >= 0.6 is 23.2 Å². The number of ether oxygens (including phenoxy) is 1. The maximum atomic E-state index is 12.6. The Balaban J connectivity index is 1.39. The normalized spacial score (nSPS) is 13.2. The van der Waals surface area contributed by atoms with E-state index in [1.54, 1.807) is 12.1 Å². The number of benzene rings is 3. The van der Waals surface area contributed by atoms with Crippen molar-refractivity contribution in [1.82, 2.24) is 4.72 Å². The average Bonchev–Trinajstić information content (AvgIpc) is 3.16. The molecule has 0 spiro atoms. The maximum absolute atomic E-state index is 12.6. The maximum Gasteiger partial charge on any atom is 0.324 e. The predicted octanol–water partition coefficient (Wildman–Crippen LogP) is 4.66. The van der Waals surface area contributed by atoms with Crippen LogP contribution in [0.5, 0.6) is 0 Å². The molecular formula is C24H19Cl2NO5S. The van der Waals surface area contributed by atoms with Gasteiger partial charge in [0, 0.05) is 5.56 Å². The van der Waals surface area contributed by atoms with Crippen molar-refractivity contribution in [2.45, 2.75) is 24.3 Å². The average molecular weight is 504 g/mol. The lowest BCUT2D eigenvalue weighted by atomic mass is 10.0. The molecular weight excluding hydrogens is 485 g/mol.